The van der Waals surface area contributed by atoms with E-state index >= 15 is 0 Å². The number of rotatable bonds is 2. The second kappa shape index (κ2) is 6.25. The first-order valence-electron chi connectivity index (χ1n) is 6.28. The number of nitrogens with zero attached hydrogens (tertiary/aromatic N) is 2. The zero-order valence-corrected chi connectivity index (χ0v) is 13.0. The topological polar surface area (TPSA) is 81.0 Å². The summed E-state index contributed by atoms with van der Waals surface area (Å²) >= 11 is 5.67. The van der Waals surface area contributed by atoms with Gasteiger partial charge in [-0.2, -0.15) is 18.4 Å². The fourth-order valence-corrected chi connectivity index (χ4v) is 2.39. The van der Waals surface area contributed by atoms with Crippen LogP contribution in [0.25, 0.3) is 5.69 Å². The van der Waals surface area contributed by atoms with Crippen molar-refractivity contribution in [2.75, 3.05) is 12.8 Å². The number of hydrogen-bond acceptors (Lipinski definition) is 4. The molecule has 2 N–H and O–H groups in total. The first-order chi connectivity index (χ1) is 11.5. The quantitative estimate of drug-likeness (QED) is 0.490. The number of carbonyl (C=O) groups is 1. The fourth-order valence-electron chi connectivity index (χ4n) is 2.10. The summed E-state index contributed by atoms with van der Waals surface area (Å²) in [6.45, 7) is 0. The Morgan fingerprint density at radius 1 is 1.36 bits per heavy atom. The van der Waals surface area contributed by atoms with Crippen LogP contribution in [0.2, 0.25) is 5.02 Å². The van der Waals surface area contributed by atoms with E-state index in [2.05, 4.69) is 4.74 Å². The van der Waals surface area contributed by atoms with Crippen LogP contribution in [0, 0.1) is 23.0 Å². The second-order valence-corrected chi connectivity index (χ2v) is 5.07. The number of ether oxygens (including phenoxy) is 1. The zero-order chi connectivity index (χ0) is 19.1. The van der Waals surface area contributed by atoms with E-state index in [1.165, 1.54) is 0 Å². The minimum Gasteiger partial charge on any atom is -0.464 e. The van der Waals surface area contributed by atoms with E-state index in [0.717, 1.165) is 13.3 Å². The Balaban J connectivity index is 2.87. The number of nitrogen functional groups attached to an aromatic ring is 1. The van der Waals surface area contributed by atoms with Gasteiger partial charge in [0.15, 0.2) is 17.3 Å². The highest BCUT2D eigenvalue weighted by Crippen LogP contribution is 2.38. The molecule has 2 aromatic rings. The molecule has 0 aliphatic rings. The second-order valence-electron chi connectivity index (χ2n) is 4.66. The van der Waals surface area contributed by atoms with E-state index in [4.69, 9.17) is 22.6 Å². The summed E-state index contributed by atoms with van der Waals surface area (Å²) in [6, 6.07) is 1.77. The van der Waals surface area contributed by atoms with E-state index in [-0.39, 0.29) is 11.6 Å². The van der Waals surface area contributed by atoms with Crippen molar-refractivity contribution in [3.63, 3.8) is 0 Å². The number of methoxy groups -OCH3 is 1. The molecule has 0 fully saturated rings. The minimum atomic E-state index is -5.19. The molecule has 25 heavy (non-hydrogen) atoms. The van der Waals surface area contributed by atoms with E-state index in [9.17, 15) is 26.7 Å². The van der Waals surface area contributed by atoms with E-state index in [0.29, 0.717) is 4.57 Å². The number of esters is 1. The van der Waals surface area contributed by atoms with Crippen molar-refractivity contribution >= 4 is 23.3 Å². The maximum Gasteiger partial charge on any atom is 0.419 e. The third-order valence-corrected chi connectivity index (χ3v) is 3.51. The smallest absolute Gasteiger partial charge is 0.419 e. The number of anilines is 1. The molecule has 0 spiro atoms. The standard InChI is InChI=1S/C14H7ClF5N3O2/c1-25-13(24)12-10(22)5(3-21)4-23(12)11-7(15)2-6(14(18,19)20)8(16)9(11)17/h2,4H,22H2,1H3. The van der Waals surface area contributed by atoms with Crippen molar-refractivity contribution in [3.8, 4) is 11.8 Å². The molecule has 0 radical (unpaired) electrons. The molecule has 0 saturated carbocycles. The van der Waals surface area contributed by atoms with Gasteiger partial charge in [0.2, 0.25) is 0 Å². The Labute approximate surface area is 142 Å². The molecule has 1 aromatic carbocycles. The average molecular weight is 380 g/mol. The molecule has 0 atom stereocenters. The van der Waals surface area contributed by atoms with Crippen molar-refractivity contribution in [3.05, 3.63) is 45.7 Å². The number of benzene rings is 1. The summed E-state index contributed by atoms with van der Waals surface area (Å²) in [5.74, 6) is -5.31. The van der Waals surface area contributed by atoms with Crippen molar-refractivity contribution < 1.29 is 31.5 Å². The maximum absolute atomic E-state index is 14.3. The van der Waals surface area contributed by atoms with E-state index in [1.807, 2.05) is 0 Å². The van der Waals surface area contributed by atoms with Crippen LogP contribution in [0.1, 0.15) is 21.6 Å². The van der Waals surface area contributed by atoms with Crippen LogP contribution in [0.15, 0.2) is 12.3 Å². The summed E-state index contributed by atoms with van der Waals surface area (Å²) in [6.07, 6.45) is -4.36. The molecule has 5 nitrogen and oxygen atoms in total. The van der Waals surface area contributed by atoms with Crippen LogP contribution in [0.3, 0.4) is 0 Å². The van der Waals surface area contributed by atoms with E-state index in [1.54, 1.807) is 6.07 Å². The molecule has 0 saturated heterocycles. The van der Waals surface area contributed by atoms with Gasteiger partial charge in [-0.25, -0.2) is 13.6 Å². The number of carbonyl (C=O) groups excluding carboxylic acids is 1. The van der Waals surface area contributed by atoms with Crippen LogP contribution < -0.4 is 5.73 Å². The normalized spacial score (nSPS) is 11.3. The SMILES string of the molecule is COC(=O)c1c(N)c(C#N)cn1-c1c(Cl)cc(C(F)(F)F)c(F)c1F. The van der Waals surface area contributed by atoms with Gasteiger partial charge in [0, 0.05) is 6.20 Å². The van der Waals surface area contributed by atoms with Crippen molar-refractivity contribution in [1.82, 2.24) is 4.57 Å². The lowest BCUT2D eigenvalue weighted by atomic mass is 10.1. The van der Waals surface area contributed by atoms with Crippen molar-refractivity contribution in [2.45, 2.75) is 6.18 Å². The van der Waals surface area contributed by atoms with Crippen LogP contribution in [0.5, 0.6) is 0 Å². The van der Waals surface area contributed by atoms with Crippen LogP contribution in [-0.2, 0) is 10.9 Å². The molecule has 1 heterocycles. The molecular formula is C14H7ClF5N3O2. The van der Waals surface area contributed by atoms with E-state index < -0.39 is 51.4 Å². The molecular weight excluding hydrogens is 373 g/mol. The minimum absolute atomic E-state index is 0.165. The monoisotopic (exact) mass is 379 g/mol. The first kappa shape index (κ1) is 18.5. The van der Waals surface area contributed by atoms with Crippen molar-refractivity contribution in [2.24, 2.45) is 0 Å². The Bertz CT molecular complexity index is 915. The van der Waals surface area contributed by atoms with Crippen LogP contribution in [0.4, 0.5) is 27.6 Å². The molecule has 132 valence electrons. The number of alkyl halides is 3. The lowest BCUT2D eigenvalue weighted by Crippen LogP contribution is -2.15. The largest absolute Gasteiger partial charge is 0.464 e. The highest BCUT2D eigenvalue weighted by molar-refractivity contribution is 6.32. The molecule has 11 heteroatoms. The van der Waals surface area contributed by atoms with Gasteiger partial charge in [-0.1, -0.05) is 11.6 Å². The molecule has 0 amide bonds. The average Bonchev–Trinajstić information content (AvgIpc) is 2.85. The summed E-state index contributed by atoms with van der Waals surface area (Å²) < 4.78 is 71.3. The van der Waals surface area contributed by atoms with Gasteiger partial charge in [-0.05, 0) is 6.07 Å². The highest BCUT2D eigenvalue weighted by atomic mass is 35.5. The lowest BCUT2D eigenvalue weighted by molar-refractivity contribution is -0.140. The highest BCUT2D eigenvalue weighted by Gasteiger charge is 2.38. The number of hydrogen-bond donors (Lipinski definition) is 1. The molecule has 0 unspecified atom stereocenters. The predicted octanol–water partition coefficient (Wildman–Crippen LogP) is 3.67. The number of nitrogens with two attached hydrogens (primary N) is 1. The predicted molar refractivity (Wildman–Crippen MR) is 76.2 cm³/mol. The Morgan fingerprint density at radius 2 is 1.96 bits per heavy atom. The number of halogens is 6. The first-order valence-corrected chi connectivity index (χ1v) is 6.66. The number of aromatic nitrogens is 1. The summed E-state index contributed by atoms with van der Waals surface area (Å²) in [4.78, 5) is 11.8. The third-order valence-electron chi connectivity index (χ3n) is 3.22. The molecule has 0 bridgehead atoms. The van der Waals surface area contributed by atoms with Crippen LogP contribution >= 0.6 is 11.6 Å². The molecule has 2 rings (SSSR count). The number of nitriles is 1. The zero-order valence-electron chi connectivity index (χ0n) is 12.2. The van der Waals surface area contributed by atoms with Crippen molar-refractivity contribution in [1.29, 1.82) is 5.26 Å². The van der Waals surface area contributed by atoms with Crippen LogP contribution in [-0.4, -0.2) is 17.6 Å². The summed E-state index contributed by atoms with van der Waals surface area (Å²) in [7, 11) is 0.955. The van der Waals surface area contributed by atoms with Gasteiger partial charge in [0.05, 0.1) is 28.9 Å². The van der Waals surface area contributed by atoms with Gasteiger partial charge in [-0.3, -0.25) is 0 Å². The maximum atomic E-state index is 14.3. The third kappa shape index (κ3) is 2.98. The van der Waals surface area contributed by atoms with Gasteiger partial charge in [0.25, 0.3) is 0 Å². The fraction of sp³-hybridized carbons (Fsp3) is 0.143. The van der Waals surface area contributed by atoms with Gasteiger partial charge in [0.1, 0.15) is 11.8 Å². The summed E-state index contributed by atoms with van der Waals surface area (Å²) in [5.41, 5.74) is 1.43. The molecule has 0 aliphatic carbocycles. The van der Waals surface area contributed by atoms with Gasteiger partial charge < -0.3 is 15.0 Å². The molecule has 0 aliphatic heterocycles. The molecule has 1 aromatic heterocycles. The van der Waals surface area contributed by atoms with Gasteiger partial charge in [-0.15, -0.1) is 0 Å². The Hall–Kier alpha value is -2.80. The van der Waals surface area contributed by atoms with Gasteiger partial charge >= 0.3 is 12.1 Å². The summed E-state index contributed by atoms with van der Waals surface area (Å²) in [5, 5.41) is 8.11. The Kier molecular flexibility index (Phi) is 4.64. The lowest BCUT2D eigenvalue weighted by Gasteiger charge is -2.15. The Morgan fingerprint density at radius 3 is 2.44 bits per heavy atom.